The van der Waals surface area contributed by atoms with Gasteiger partial charge in [0.2, 0.25) is 0 Å². The van der Waals surface area contributed by atoms with Gasteiger partial charge in [-0.3, -0.25) is 4.79 Å². The average Bonchev–Trinajstić information content (AvgIpc) is 2.99. The third-order valence-electron chi connectivity index (χ3n) is 4.19. The Labute approximate surface area is 151 Å². The number of nitrogens with zero attached hydrogens (tertiary/aromatic N) is 2. The molecule has 0 radical (unpaired) electrons. The number of carbonyl (C=O) groups is 1. The summed E-state index contributed by atoms with van der Waals surface area (Å²) < 4.78 is 5.21. The van der Waals surface area contributed by atoms with Gasteiger partial charge in [0.05, 0.1) is 10.9 Å². The number of nitrogens with one attached hydrogen (secondary N) is 1. The van der Waals surface area contributed by atoms with Crippen LogP contribution in [0.5, 0.6) is 0 Å². The van der Waals surface area contributed by atoms with Crippen molar-refractivity contribution < 1.29 is 9.53 Å². The third kappa shape index (κ3) is 3.05. The number of aryl methyl sites for hydroxylation is 2. The first-order valence-corrected chi connectivity index (χ1v) is 9.14. The maximum atomic E-state index is 12.4. The molecule has 1 aliphatic rings. The molecule has 3 aromatic heterocycles. The van der Waals surface area contributed by atoms with E-state index in [1.807, 2.05) is 0 Å². The minimum absolute atomic E-state index is 0.0790. The van der Waals surface area contributed by atoms with Crippen molar-refractivity contribution in [1.29, 1.82) is 0 Å². The van der Waals surface area contributed by atoms with Crippen LogP contribution in [-0.4, -0.2) is 20.9 Å². The van der Waals surface area contributed by atoms with Crippen LogP contribution in [0.4, 0.5) is 0 Å². The summed E-state index contributed by atoms with van der Waals surface area (Å²) in [6.07, 6.45) is 5.66. The molecule has 0 aromatic carbocycles. The van der Waals surface area contributed by atoms with Crippen LogP contribution in [0.1, 0.15) is 39.5 Å². The highest BCUT2D eigenvalue weighted by Crippen LogP contribution is 2.33. The molecule has 0 fully saturated rings. The smallest absolute Gasteiger partial charge is 0.341 e. The van der Waals surface area contributed by atoms with Crippen LogP contribution in [0.2, 0.25) is 5.15 Å². The molecule has 6 nitrogen and oxygen atoms in total. The van der Waals surface area contributed by atoms with E-state index in [0.29, 0.717) is 16.0 Å². The Kier molecular flexibility index (Phi) is 4.27. The monoisotopic (exact) mass is 375 g/mol. The van der Waals surface area contributed by atoms with E-state index in [0.717, 1.165) is 31.2 Å². The van der Waals surface area contributed by atoms with E-state index in [-0.39, 0.29) is 22.9 Å². The van der Waals surface area contributed by atoms with Crippen LogP contribution in [0.3, 0.4) is 0 Å². The van der Waals surface area contributed by atoms with Gasteiger partial charge in [0.15, 0.2) is 0 Å². The summed E-state index contributed by atoms with van der Waals surface area (Å²) >= 11 is 7.44. The Morgan fingerprint density at radius 2 is 2.20 bits per heavy atom. The minimum Gasteiger partial charge on any atom is -0.454 e. The van der Waals surface area contributed by atoms with E-state index in [2.05, 4.69) is 15.0 Å². The predicted octanol–water partition coefficient (Wildman–Crippen LogP) is 3.27. The third-order valence-corrected chi connectivity index (χ3v) is 5.68. The molecule has 0 saturated carbocycles. The number of aromatic amines is 1. The van der Waals surface area contributed by atoms with Gasteiger partial charge >= 0.3 is 5.97 Å². The number of esters is 1. The number of carbonyl (C=O) groups excluding carboxylic acids is 1. The maximum Gasteiger partial charge on any atom is 0.341 e. The van der Waals surface area contributed by atoms with Gasteiger partial charge in [-0.25, -0.2) is 14.8 Å². The number of fused-ring (bicyclic) bond motifs is 3. The van der Waals surface area contributed by atoms with E-state index < -0.39 is 5.97 Å². The van der Waals surface area contributed by atoms with E-state index >= 15 is 0 Å². The molecule has 3 heterocycles. The molecule has 1 N–H and O–H groups in total. The van der Waals surface area contributed by atoms with Crippen molar-refractivity contribution in [3.05, 3.63) is 55.7 Å². The zero-order valence-corrected chi connectivity index (χ0v) is 14.7. The zero-order chi connectivity index (χ0) is 17.4. The summed E-state index contributed by atoms with van der Waals surface area (Å²) in [5, 5.41) is 0.764. The fourth-order valence-electron chi connectivity index (χ4n) is 3.03. The number of aromatic nitrogens is 3. The molecule has 128 valence electrons. The van der Waals surface area contributed by atoms with Gasteiger partial charge < -0.3 is 9.72 Å². The van der Waals surface area contributed by atoms with Crippen molar-refractivity contribution in [2.45, 2.75) is 32.3 Å². The lowest BCUT2D eigenvalue weighted by atomic mass is 9.97. The standard InChI is InChI=1S/C17H14ClN3O3S/c18-14-10(5-3-7-19-14)17(23)24-8-12-20-15(22)13-9-4-1-2-6-11(9)25-16(13)21-12/h3,5,7H,1-2,4,6,8H2,(H,20,21,22). The normalized spacial score (nSPS) is 13.6. The molecule has 0 saturated heterocycles. The summed E-state index contributed by atoms with van der Waals surface area (Å²) in [5.41, 5.74) is 1.14. The Hall–Kier alpha value is -2.25. The van der Waals surface area contributed by atoms with Gasteiger partial charge in [-0.05, 0) is 43.4 Å². The largest absolute Gasteiger partial charge is 0.454 e. The predicted molar refractivity (Wildman–Crippen MR) is 95.2 cm³/mol. The summed E-state index contributed by atoms with van der Waals surface area (Å²) in [7, 11) is 0. The molecule has 0 aliphatic heterocycles. The molecular formula is C17H14ClN3O3S. The topological polar surface area (TPSA) is 84.9 Å². The summed E-state index contributed by atoms with van der Waals surface area (Å²) in [5.74, 6) is -0.282. The first-order chi connectivity index (χ1) is 12.1. The van der Waals surface area contributed by atoms with Crippen LogP contribution in [0.25, 0.3) is 10.2 Å². The molecule has 0 bridgehead atoms. The van der Waals surface area contributed by atoms with Crippen molar-refractivity contribution in [2.24, 2.45) is 0 Å². The average molecular weight is 376 g/mol. The van der Waals surface area contributed by atoms with Gasteiger partial charge in [-0.1, -0.05) is 11.6 Å². The Morgan fingerprint density at radius 1 is 1.36 bits per heavy atom. The van der Waals surface area contributed by atoms with Crippen molar-refractivity contribution in [1.82, 2.24) is 15.0 Å². The van der Waals surface area contributed by atoms with Crippen molar-refractivity contribution in [3.63, 3.8) is 0 Å². The maximum absolute atomic E-state index is 12.4. The first-order valence-electron chi connectivity index (χ1n) is 7.94. The first kappa shape index (κ1) is 16.2. The molecule has 3 aromatic rings. The Balaban J connectivity index is 1.59. The summed E-state index contributed by atoms with van der Waals surface area (Å²) in [6, 6.07) is 3.13. The van der Waals surface area contributed by atoms with Crippen molar-refractivity contribution in [3.8, 4) is 0 Å². The lowest BCUT2D eigenvalue weighted by Crippen LogP contribution is -2.15. The van der Waals surface area contributed by atoms with Crippen molar-refractivity contribution in [2.75, 3.05) is 0 Å². The molecule has 0 atom stereocenters. The quantitative estimate of drug-likeness (QED) is 0.561. The lowest BCUT2D eigenvalue weighted by molar-refractivity contribution is 0.0462. The van der Waals surface area contributed by atoms with Gasteiger partial charge in [0.1, 0.15) is 22.4 Å². The molecule has 25 heavy (non-hydrogen) atoms. The molecule has 8 heteroatoms. The van der Waals surface area contributed by atoms with Crippen LogP contribution in [-0.2, 0) is 24.2 Å². The minimum atomic E-state index is -0.605. The van der Waals surface area contributed by atoms with Crippen molar-refractivity contribution >= 4 is 39.1 Å². The number of pyridine rings is 1. The number of ether oxygens (including phenoxy) is 1. The fraction of sp³-hybridized carbons (Fsp3) is 0.294. The molecule has 0 amide bonds. The second kappa shape index (κ2) is 6.57. The zero-order valence-electron chi connectivity index (χ0n) is 13.2. The van der Waals surface area contributed by atoms with Gasteiger partial charge in [0, 0.05) is 11.1 Å². The highest BCUT2D eigenvalue weighted by atomic mass is 35.5. The summed E-state index contributed by atoms with van der Waals surface area (Å²) in [6.45, 7) is -0.127. The number of H-pyrrole nitrogens is 1. The van der Waals surface area contributed by atoms with E-state index in [1.165, 1.54) is 17.1 Å². The fourth-order valence-corrected chi connectivity index (χ4v) is 4.50. The molecule has 1 aliphatic carbocycles. The second-order valence-corrected chi connectivity index (χ2v) is 7.26. The van der Waals surface area contributed by atoms with Crippen LogP contribution < -0.4 is 5.56 Å². The Morgan fingerprint density at radius 3 is 3.04 bits per heavy atom. The number of hydrogen-bond donors (Lipinski definition) is 1. The molecule has 0 spiro atoms. The van der Waals surface area contributed by atoms with Gasteiger partial charge in [-0.2, -0.15) is 0 Å². The van der Waals surface area contributed by atoms with Gasteiger partial charge in [-0.15, -0.1) is 11.3 Å². The SMILES string of the molecule is O=C(OCc1nc2sc3c(c2c(=O)[nH]1)CCCC3)c1cccnc1Cl. The van der Waals surface area contributed by atoms with Crippen LogP contribution in [0, 0.1) is 0 Å². The Bertz CT molecular complexity index is 1030. The number of halogens is 1. The van der Waals surface area contributed by atoms with E-state index in [9.17, 15) is 9.59 Å². The second-order valence-electron chi connectivity index (χ2n) is 5.82. The highest BCUT2D eigenvalue weighted by molar-refractivity contribution is 7.18. The number of rotatable bonds is 3. The van der Waals surface area contributed by atoms with E-state index in [4.69, 9.17) is 16.3 Å². The summed E-state index contributed by atoms with van der Waals surface area (Å²) in [4.78, 5) is 37.5. The number of hydrogen-bond acceptors (Lipinski definition) is 6. The van der Waals surface area contributed by atoms with Crippen LogP contribution in [0.15, 0.2) is 23.1 Å². The molecule has 4 rings (SSSR count). The molecular weight excluding hydrogens is 362 g/mol. The van der Waals surface area contributed by atoms with Crippen LogP contribution >= 0.6 is 22.9 Å². The molecule has 0 unspecified atom stereocenters. The van der Waals surface area contributed by atoms with E-state index in [1.54, 1.807) is 17.4 Å². The lowest BCUT2D eigenvalue weighted by Gasteiger charge is -2.09. The highest BCUT2D eigenvalue weighted by Gasteiger charge is 2.20. The van der Waals surface area contributed by atoms with Gasteiger partial charge in [0.25, 0.3) is 5.56 Å². The number of thiophene rings is 1.